The fourth-order valence-electron chi connectivity index (χ4n) is 2.79. The molecule has 3 rings (SSSR count). The molecule has 0 radical (unpaired) electrons. The van der Waals surface area contributed by atoms with E-state index in [4.69, 9.17) is 4.74 Å². The third-order valence-electron chi connectivity index (χ3n) is 3.98. The van der Waals surface area contributed by atoms with Crippen molar-refractivity contribution in [2.24, 2.45) is 0 Å². The summed E-state index contributed by atoms with van der Waals surface area (Å²) in [5.41, 5.74) is 0.419. The van der Waals surface area contributed by atoms with Crippen LogP contribution in [0.2, 0.25) is 0 Å². The van der Waals surface area contributed by atoms with Gasteiger partial charge in [0.05, 0.1) is 0 Å². The molecule has 4 heteroatoms. The van der Waals surface area contributed by atoms with E-state index in [0.717, 1.165) is 22.2 Å². The van der Waals surface area contributed by atoms with Gasteiger partial charge in [0.2, 0.25) is 0 Å². The van der Waals surface area contributed by atoms with Gasteiger partial charge in [0, 0.05) is 0 Å². The van der Waals surface area contributed by atoms with E-state index in [1.54, 1.807) is 12.1 Å². The Morgan fingerprint density at radius 1 is 1.00 bits per heavy atom. The van der Waals surface area contributed by atoms with Crippen LogP contribution in [-0.4, -0.2) is 17.2 Å². The Labute approximate surface area is 146 Å². The Bertz CT molecular complexity index is 661. The van der Waals surface area contributed by atoms with Gasteiger partial charge in [0.25, 0.3) is 0 Å². The first-order valence-electron chi connectivity index (χ1n) is 7.96. The van der Waals surface area contributed by atoms with Gasteiger partial charge < -0.3 is 0 Å². The number of halogens is 1. The van der Waals surface area contributed by atoms with Crippen LogP contribution < -0.4 is 25.9 Å². The molecule has 1 N–H and O–H groups in total. The molecule has 0 aliphatic heterocycles. The van der Waals surface area contributed by atoms with Crippen LogP contribution in [0.4, 0.5) is 0 Å². The molecule has 2 aromatic carbocycles. The Hall–Kier alpha value is -1.56. The summed E-state index contributed by atoms with van der Waals surface area (Å²) in [5, 5.41) is 9.27. The van der Waals surface area contributed by atoms with E-state index < -0.39 is 27.2 Å². The van der Waals surface area contributed by atoms with Gasteiger partial charge in [-0.05, 0) is 0 Å². The maximum absolute atomic E-state index is 11.3. The summed E-state index contributed by atoms with van der Waals surface area (Å²) in [6.45, 7) is 0. The minimum absolute atomic E-state index is 0.358. The van der Waals surface area contributed by atoms with Crippen LogP contribution >= 0.6 is 0 Å². The van der Waals surface area contributed by atoms with E-state index in [1.165, 1.54) is 22.8 Å². The Morgan fingerprint density at radius 3 is 2.39 bits per heavy atom. The molecule has 3 nitrogen and oxygen atoms in total. The summed E-state index contributed by atoms with van der Waals surface area (Å²) in [5.74, 6) is 0.0775. The van der Waals surface area contributed by atoms with Crippen molar-refractivity contribution in [1.82, 2.24) is 0 Å². The molecule has 2 aromatic rings. The van der Waals surface area contributed by atoms with E-state index in [-0.39, 0.29) is 0 Å². The van der Waals surface area contributed by atoms with Crippen molar-refractivity contribution in [2.45, 2.75) is 38.2 Å². The van der Waals surface area contributed by atoms with Crippen molar-refractivity contribution in [2.75, 3.05) is 0 Å². The number of carboxylic acid groups (broad SMARTS) is 1. The van der Waals surface area contributed by atoms with Crippen LogP contribution in [0.5, 0.6) is 5.75 Å². The summed E-state index contributed by atoms with van der Waals surface area (Å²) < 4.78 is 8.19. The fraction of sp³-hybridized carbons (Fsp3) is 0.316. The third-order valence-corrected chi connectivity index (χ3v) is 6.85. The van der Waals surface area contributed by atoms with Crippen molar-refractivity contribution in [3.8, 4) is 5.75 Å². The van der Waals surface area contributed by atoms with Gasteiger partial charge in [0.1, 0.15) is 0 Å². The Morgan fingerprint density at radius 2 is 1.70 bits per heavy atom. The number of hydrogen-bond acceptors (Lipinski definition) is 2. The molecular weight excluding hydrogens is 403 g/mol. The van der Waals surface area contributed by atoms with E-state index >= 15 is 0 Å². The van der Waals surface area contributed by atoms with Gasteiger partial charge in [-0.1, -0.05) is 0 Å². The number of hydrogen-bond donors (Lipinski definition) is 1. The number of ether oxygens (including phenoxy) is 1. The van der Waals surface area contributed by atoms with E-state index in [1.807, 2.05) is 24.3 Å². The van der Waals surface area contributed by atoms with Crippen molar-refractivity contribution in [3.05, 3.63) is 61.2 Å². The molecule has 0 spiro atoms. The summed E-state index contributed by atoms with van der Waals surface area (Å²) in [4.78, 5) is 11.3. The number of carboxylic acids is 1. The topological polar surface area (TPSA) is 46.5 Å². The van der Waals surface area contributed by atoms with Gasteiger partial charge in [-0.3, -0.25) is 0 Å². The predicted octanol–water partition coefficient (Wildman–Crippen LogP) is 1.22. The van der Waals surface area contributed by atoms with Crippen molar-refractivity contribution in [3.63, 3.8) is 0 Å². The van der Waals surface area contributed by atoms with E-state index in [9.17, 15) is 9.90 Å². The van der Waals surface area contributed by atoms with Crippen molar-refractivity contribution in [1.29, 1.82) is 0 Å². The molecule has 1 fully saturated rings. The maximum atomic E-state index is 11.3. The van der Waals surface area contributed by atoms with Gasteiger partial charge >= 0.3 is 147 Å². The summed E-state index contributed by atoms with van der Waals surface area (Å²) >= 11 is -0.496. The van der Waals surface area contributed by atoms with Crippen molar-refractivity contribution >= 4 is 5.97 Å². The van der Waals surface area contributed by atoms with E-state index in [0.29, 0.717) is 11.7 Å². The first kappa shape index (κ1) is 16.3. The van der Waals surface area contributed by atoms with Crippen LogP contribution in [-0.2, 0) is 0 Å². The molecule has 1 aliphatic carbocycles. The first-order valence-corrected chi connectivity index (χ1v) is 10.1. The normalized spacial score (nSPS) is 15.5. The SMILES string of the molecule is O=C(O)c1ccccc1[I-]c1ccc(OC2CCCCC2)cc1. The van der Waals surface area contributed by atoms with Gasteiger partial charge in [-0.2, -0.15) is 0 Å². The minimum atomic E-state index is -0.849. The van der Waals surface area contributed by atoms with Crippen LogP contribution in [0, 0.1) is 7.14 Å². The molecule has 0 unspecified atom stereocenters. The van der Waals surface area contributed by atoms with Crippen LogP contribution in [0.3, 0.4) is 0 Å². The molecule has 1 saturated carbocycles. The van der Waals surface area contributed by atoms with E-state index in [2.05, 4.69) is 12.1 Å². The summed E-state index contributed by atoms with van der Waals surface area (Å²) in [6, 6.07) is 15.5. The molecule has 0 atom stereocenters. The molecule has 23 heavy (non-hydrogen) atoms. The zero-order valence-electron chi connectivity index (χ0n) is 12.9. The molecule has 1 aliphatic rings. The second-order valence-electron chi connectivity index (χ2n) is 5.71. The molecular formula is C19H20IO3-. The summed E-state index contributed by atoms with van der Waals surface area (Å²) in [7, 11) is 0. The average Bonchev–Trinajstić information content (AvgIpc) is 2.58. The molecule has 0 heterocycles. The first-order chi connectivity index (χ1) is 11.2. The quantitative estimate of drug-likeness (QED) is 0.737. The number of rotatable bonds is 5. The predicted molar refractivity (Wildman–Crippen MR) is 84.7 cm³/mol. The average molecular weight is 423 g/mol. The van der Waals surface area contributed by atoms with Crippen LogP contribution in [0.15, 0.2) is 48.5 Å². The molecule has 0 amide bonds. The number of benzene rings is 2. The molecule has 0 bridgehead atoms. The van der Waals surface area contributed by atoms with Crippen molar-refractivity contribution < 1.29 is 35.8 Å². The van der Waals surface area contributed by atoms with Crippen LogP contribution in [0.25, 0.3) is 0 Å². The van der Waals surface area contributed by atoms with Gasteiger partial charge in [-0.15, -0.1) is 0 Å². The second-order valence-corrected chi connectivity index (χ2v) is 8.66. The standard InChI is InChI=1S/C19H20IO3/c21-19(22)17-8-4-5-9-18(17)20-14-10-12-16(13-11-14)23-15-6-2-1-3-7-15/h4-5,8-13,15H,1-3,6-7H2,(H,21,22)/q-1. The zero-order chi connectivity index (χ0) is 16.1. The molecule has 0 saturated heterocycles. The second kappa shape index (κ2) is 7.81. The third kappa shape index (κ3) is 4.47. The zero-order valence-corrected chi connectivity index (χ0v) is 15.0. The monoisotopic (exact) mass is 423 g/mol. The fourth-order valence-corrected chi connectivity index (χ4v) is 5.26. The summed E-state index contributed by atoms with van der Waals surface area (Å²) in [6.07, 6.45) is 6.52. The van der Waals surface area contributed by atoms with Crippen LogP contribution in [0.1, 0.15) is 42.5 Å². The Balaban J connectivity index is 1.67. The molecule has 0 aromatic heterocycles. The van der Waals surface area contributed by atoms with Gasteiger partial charge in [-0.25, -0.2) is 0 Å². The number of carbonyl (C=O) groups is 1. The van der Waals surface area contributed by atoms with Gasteiger partial charge in [0.15, 0.2) is 0 Å². The number of aromatic carboxylic acids is 1. The Kier molecular flexibility index (Phi) is 5.54. The molecule has 122 valence electrons.